The van der Waals surface area contributed by atoms with Gasteiger partial charge in [-0.2, -0.15) is 0 Å². The molecule has 4 nitrogen and oxygen atoms in total. The van der Waals surface area contributed by atoms with Gasteiger partial charge in [0.05, 0.1) is 25.9 Å². The lowest BCUT2D eigenvalue weighted by Gasteiger charge is -2.48. The highest BCUT2D eigenvalue weighted by molar-refractivity contribution is 6.77. The molecular formula is C31H52O4Si. The maximum atomic E-state index is 11.6. The van der Waals surface area contributed by atoms with Crippen LogP contribution in [0.4, 0.5) is 0 Å². The number of rotatable bonds is 17. The third-order valence-electron chi connectivity index (χ3n) is 7.78. The highest BCUT2D eigenvalue weighted by atomic mass is 28.4. The van der Waals surface area contributed by atoms with Crippen molar-refractivity contribution in [3.63, 3.8) is 0 Å². The number of carbonyl (C=O) groups is 1. The number of ether oxygens (including phenoxy) is 2. The molecule has 0 unspecified atom stereocenters. The van der Waals surface area contributed by atoms with Crippen molar-refractivity contribution in [1.82, 2.24) is 0 Å². The lowest BCUT2D eigenvalue weighted by molar-refractivity contribution is -0.110. The fourth-order valence-corrected chi connectivity index (χ4v) is 11.7. The van der Waals surface area contributed by atoms with Gasteiger partial charge in [-0.15, -0.1) is 0 Å². The van der Waals surface area contributed by atoms with Gasteiger partial charge in [-0.1, -0.05) is 99.3 Å². The third kappa shape index (κ3) is 8.42. The predicted molar refractivity (Wildman–Crippen MR) is 155 cm³/mol. The van der Waals surface area contributed by atoms with Crippen LogP contribution in [0.3, 0.4) is 0 Å². The van der Waals surface area contributed by atoms with Crippen LogP contribution in [0.2, 0.25) is 16.6 Å². The summed E-state index contributed by atoms with van der Waals surface area (Å²) in [6.07, 6.45) is 7.30. The molecule has 0 N–H and O–H groups in total. The lowest BCUT2D eigenvalue weighted by Crippen LogP contribution is -2.54. The van der Waals surface area contributed by atoms with E-state index in [9.17, 15) is 4.79 Å². The molecule has 0 aliphatic carbocycles. The molecule has 0 radical (unpaired) electrons. The maximum absolute atomic E-state index is 11.6. The Morgan fingerprint density at radius 2 is 1.44 bits per heavy atom. The van der Waals surface area contributed by atoms with Crippen LogP contribution in [0.1, 0.15) is 74.3 Å². The van der Waals surface area contributed by atoms with Crippen molar-refractivity contribution in [1.29, 1.82) is 0 Å². The molecule has 1 rings (SSSR count). The second-order valence-electron chi connectivity index (χ2n) is 11.2. The van der Waals surface area contributed by atoms with E-state index in [1.807, 2.05) is 30.3 Å². The van der Waals surface area contributed by atoms with Gasteiger partial charge < -0.3 is 18.7 Å². The molecule has 0 spiro atoms. The summed E-state index contributed by atoms with van der Waals surface area (Å²) in [7, 11) is -0.495. The molecule has 0 aliphatic heterocycles. The van der Waals surface area contributed by atoms with Crippen molar-refractivity contribution in [3.8, 4) is 5.75 Å². The Morgan fingerprint density at radius 3 is 1.89 bits per heavy atom. The quantitative estimate of drug-likeness (QED) is 0.118. The summed E-state index contributed by atoms with van der Waals surface area (Å²) in [6, 6.07) is 8.01. The van der Waals surface area contributed by atoms with Gasteiger partial charge in [0.1, 0.15) is 12.0 Å². The Balaban J connectivity index is 3.41. The third-order valence-corrected chi connectivity index (χ3v) is 13.9. The smallest absolute Gasteiger partial charge is 0.200 e. The molecule has 204 valence electrons. The van der Waals surface area contributed by atoms with E-state index < -0.39 is 8.32 Å². The fraction of sp³-hybridized carbons (Fsp3) is 0.645. The molecule has 0 heterocycles. The molecule has 0 amide bonds. The van der Waals surface area contributed by atoms with Crippen LogP contribution in [-0.4, -0.2) is 33.9 Å². The van der Waals surface area contributed by atoms with Gasteiger partial charge in [0.25, 0.3) is 0 Å². The van der Waals surface area contributed by atoms with E-state index >= 15 is 0 Å². The highest BCUT2D eigenvalue weighted by Gasteiger charge is 2.49. The van der Waals surface area contributed by atoms with E-state index in [0.717, 1.165) is 17.6 Å². The summed E-state index contributed by atoms with van der Waals surface area (Å²) in [6.45, 7) is 24.8. The predicted octanol–water partition coefficient (Wildman–Crippen LogP) is 8.38. The zero-order valence-corrected chi connectivity index (χ0v) is 25.5. The molecule has 0 fully saturated rings. The van der Waals surface area contributed by atoms with Crippen molar-refractivity contribution in [3.05, 3.63) is 54.6 Å². The number of hydrogen-bond donors (Lipinski definition) is 0. The second kappa shape index (κ2) is 15.5. The summed E-state index contributed by atoms with van der Waals surface area (Å²) in [5, 5.41) is 0. The van der Waals surface area contributed by atoms with Gasteiger partial charge >= 0.3 is 0 Å². The first-order chi connectivity index (χ1) is 17.0. The zero-order chi connectivity index (χ0) is 27.5. The summed E-state index contributed by atoms with van der Waals surface area (Å²) >= 11 is 0. The fourth-order valence-electron chi connectivity index (χ4n) is 5.92. The van der Waals surface area contributed by atoms with Crippen LogP contribution < -0.4 is 4.74 Å². The summed E-state index contributed by atoms with van der Waals surface area (Å²) in [4.78, 5) is 11.6. The minimum Gasteiger partial charge on any atom is -0.497 e. The molecule has 5 atom stereocenters. The van der Waals surface area contributed by atoms with Gasteiger partial charge in [-0.25, -0.2) is 0 Å². The van der Waals surface area contributed by atoms with E-state index in [0.29, 0.717) is 29.7 Å². The van der Waals surface area contributed by atoms with Gasteiger partial charge in [-0.05, 0) is 40.2 Å². The SMILES string of the molecule is C=C/C=C\[C@H](C)[C@H](OCc1ccc(OC)cc1)[C@@H](C)[C@H](O[Si](C(C)C)(C(C)C)C(C)C)[C@@H](C)CC=O. The van der Waals surface area contributed by atoms with Crippen molar-refractivity contribution in [2.75, 3.05) is 7.11 Å². The average molecular weight is 517 g/mol. The number of allylic oxidation sites excluding steroid dienone is 2. The van der Waals surface area contributed by atoms with E-state index in [1.54, 1.807) is 13.2 Å². The van der Waals surface area contributed by atoms with Crippen LogP contribution >= 0.6 is 0 Å². The zero-order valence-electron chi connectivity index (χ0n) is 24.5. The van der Waals surface area contributed by atoms with E-state index in [-0.39, 0.29) is 30.0 Å². The summed E-state index contributed by atoms with van der Waals surface area (Å²) < 4.78 is 19.3. The first-order valence-corrected chi connectivity index (χ1v) is 15.7. The van der Waals surface area contributed by atoms with Crippen LogP contribution in [-0.2, 0) is 20.6 Å². The molecule has 5 heteroatoms. The van der Waals surface area contributed by atoms with Gasteiger partial charge in [-0.3, -0.25) is 0 Å². The normalized spacial score (nSPS) is 16.8. The van der Waals surface area contributed by atoms with Crippen LogP contribution in [0.15, 0.2) is 49.1 Å². The molecule has 0 saturated heterocycles. The Bertz CT molecular complexity index is 778. The molecule has 1 aromatic carbocycles. The first kappa shape index (κ1) is 32.3. The van der Waals surface area contributed by atoms with E-state index in [4.69, 9.17) is 13.9 Å². The first-order valence-electron chi connectivity index (χ1n) is 13.6. The molecule has 36 heavy (non-hydrogen) atoms. The number of benzene rings is 1. The van der Waals surface area contributed by atoms with Gasteiger partial charge in [0.2, 0.25) is 8.32 Å². The largest absolute Gasteiger partial charge is 0.497 e. The van der Waals surface area contributed by atoms with E-state index in [1.165, 1.54) is 0 Å². The summed E-state index contributed by atoms with van der Waals surface area (Å²) in [5.74, 6) is 1.17. The number of hydrogen-bond acceptors (Lipinski definition) is 4. The Labute approximate surface area is 222 Å². The molecule has 0 saturated carbocycles. The Morgan fingerprint density at radius 1 is 0.889 bits per heavy atom. The van der Waals surface area contributed by atoms with Crippen molar-refractivity contribution in [2.45, 2.75) is 104 Å². The number of aldehydes is 1. The Kier molecular flexibility index (Phi) is 14.0. The topological polar surface area (TPSA) is 44.8 Å². The lowest BCUT2D eigenvalue weighted by atomic mass is 9.83. The molecule has 0 bridgehead atoms. The molecule has 0 aliphatic rings. The average Bonchev–Trinajstić information content (AvgIpc) is 2.83. The maximum Gasteiger partial charge on any atom is 0.200 e. The van der Waals surface area contributed by atoms with Crippen LogP contribution in [0.5, 0.6) is 5.75 Å². The van der Waals surface area contributed by atoms with E-state index in [2.05, 4.69) is 75.0 Å². The molecule has 1 aromatic rings. The van der Waals surface area contributed by atoms with Crippen LogP contribution in [0.25, 0.3) is 0 Å². The standard InChI is InChI=1S/C31H52O4Si/c1-12-13-14-25(8)30(34-21-28-15-17-29(33-11)18-16-28)27(10)31(26(9)19-20-32)35-36(22(2)3,23(4)5)24(6)7/h12-18,20,22-27,30-31H,1,19,21H2,2-11H3/b14-13-/t25-,26-,27+,30-,31+/m0/s1. The summed E-state index contributed by atoms with van der Waals surface area (Å²) in [5.41, 5.74) is 2.49. The van der Waals surface area contributed by atoms with Crippen LogP contribution in [0, 0.1) is 17.8 Å². The number of methoxy groups -OCH3 is 1. The minimum atomic E-state index is -2.17. The molecule has 0 aromatic heterocycles. The second-order valence-corrected chi connectivity index (χ2v) is 16.6. The number of carbonyl (C=O) groups excluding carboxylic acids is 1. The molecular weight excluding hydrogens is 464 g/mol. The van der Waals surface area contributed by atoms with Gasteiger partial charge in [0.15, 0.2) is 0 Å². The van der Waals surface area contributed by atoms with Crippen molar-refractivity contribution >= 4 is 14.6 Å². The monoisotopic (exact) mass is 516 g/mol. The van der Waals surface area contributed by atoms with Crippen molar-refractivity contribution < 1.29 is 18.7 Å². The highest BCUT2D eigenvalue weighted by Crippen LogP contribution is 2.45. The van der Waals surface area contributed by atoms with Crippen molar-refractivity contribution in [2.24, 2.45) is 17.8 Å². The Hall–Kier alpha value is -1.69. The van der Waals surface area contributed by atoms with Gasteiger partial charge in [0, 0.05) is 18.3 Å². The minimum absolute atomic E-state index is 0.0745.